The molecule has 0 aliphatic carbocycles. The summed E-state index contributed by atoms with van der Waals surface area (Å²) in [5.41, 5.74) is 0.677. The van der Waals surface area contributed by atoms with Crippen molar-refractivity contribution in [1.82, 2.24) is 9.80 Å². The van der Waals surface area contributed by atoms with Gasteiger partial charge in [0.1, 0.15) is 0 Å². The van der Waals surface area contributed by atoms with Crippen LogP contribution < -0.4 is 0 Å². The van der Waals surface area contributed by atoms with Crippen molar-refractivity contribution in [3.8, 4) is 0 Å². The molecule has 5 heteroatoms. The second kappa shape index (κ2) is 7.20. The highest BCUT2D eigenvalue weighted by Gasteiger charge is 2.25. The Morgan fingerprint density at radius 2 is 1.90 bits per heavy atom. The SMILES string of the molecule is CN(Cc1ccccc1Br)C(=O)CN(C)C(C)(C)CO. The predicted octanol–water partition coefficient (Wildman–Crippen LogP) is 2.11. The van der Waals surface area contributed by atoms with Gasteiger partial charge in [-0.1, -0.05) is 34.1 Å². The fourth-order valence-corrected chi connectivity index (χ4v) is 2.04. The number of aliphatic hydroxyl groups excluding tert-OH is 1. The zero-order chi connectivity index (χ0) is 15.3. The number of carbonyl (C=O) groups is 1. The lowest BCUT2D eigenvalue weighted by Gasteiger charge is -2.34. The lowest BCUT2D eigenvalue weighted by atomic mass is 10.1. The fraction of sp³-hybridized carbons (Fsp3) is 0.533. The number of halogens is 1. The standard InChI is InChI=1S/C15H23BrN2O2/c1-15(2,11-19)18(4)10-14(20)17(3)9-12-7-5-6-8-13(12)16/h5-8,19H,9-11H2,1-4H3. The summed E-state index contributed by atoms with van der Waals surface area (Å²) in [5, 5.41) is 9.31. The number of hydrogen-bond donors (Lipinski definition) is 1. The van der Waals surface area contributed by atoms with Gasteiger partial charge in [-0.15, -0.1) is 0 Å². The molecule has 0 aliphatic rings. The van der Waals surface area contributed by atoms with Crippen molar-refractivity contribution < 1.29 is 9.90 Å². The molecule has 0 aromatic heterocycles. The summed E-state index contributed by atoms with van der Waals surface area (Å²) in [5.74, 6) is 0.0322. The van der Waals surface area contributed by atoms with Gasteiger partial charge in [-0.05, 0) is 32.5 Å². The molecule has 20 heavy (non-hydrogen) atoms. The Morgan fingerprint density at radius 1 is 1.30 bits per heavy atom. The lowest BCUT2D eigenvalue weighted by molar-refractivity contribution is -0.132. The molecule has 0 atom stereocenters. The Labute approximate surface area is 129 Å². The van der Waals surface area contributed by atoms with Gasteiger partial charge in [-0.3, -0.25) is 9.69 Å². The van der Waals surface area contributed by atoms with Gasteiger partial charge in [-0.2, -0.15) is 0 Å². The van der Waals surface area contributed by atoms with Gasteiger partial charge < -0.3 is 10.0 Å². The van der Waals surface area contributed by atoms with E-state index in [0.29, 0.717) is 6.54 Å². The summed E-state index contributed by atoms with van der Waals surface area (Å²) in [6.45, 7) is 4.69. The van der Waals surface area contributed by atoms with E-state index in [1.54, 1.807) is 11.9 Å². The number of likely N-dealkylation sites (N-methyl/N-ethyl adjacent to an activating group) is 2. The summed E-state index contributed by atoms with van der Waals surface area (Å²) in [7, 11) is 3.64. The molecule has 0 fully saturated rings. The maximum Gasteiger partial charge on any atom is 0.236 e. The highest BCUT2D eigenvalue weighted by atomic mass is 79.9. The summed E-state index contributed by atoms with van der Waals surface area (Å²) in [4.78, 5) is 15.8. The van der Waals surface area contributed by atoms with Gasteiger partial charge in [-0.25, -0.2) is 0 Å². The molecule has 4 nitrogen and oxygen atoms in total. The Morgan fingerprint density at radius 3 is 2.45 bits per heavy atom. The fourth-order valence-electron chi connectivity index (χ4n) is 1.63. The monoisotopic (exact) mass is 342 g/mol. The van der Waals surface area contributed by atoms with Crippen LogP contribution in [0.3, 0.4) is 0 Å². The van der Waals surface area contributed by atoms with Gasteiger partial charge in [0.2, 0.25) is 5.91 Å². The summed E-state index contributed by atoms with van der Waals surface area (Å²) < 4.78 is 1.00. The van der Waals surface area contributed by atoms with Crippen LogP contribution in [0.5, 0.6) is 0 Å². The third kappa shape index (κ3) is 4.58. The molecule has 1 N–H and O–H groups in total. The molecule has 1 aromatic rings. The Kier molecular flexibility index (Phi) is 6.17. The van der Waals surface area contributed by atoms with E-state index in [1.807, 2.05) is 50.1 Å². The zero-order valence-electron chi connectivity index (χ0n) is 12.6. The molecule has 0 saturated heterocycles. The Balaban J connectivity index is 2.62. The largest absolute Gasteiger partial charge is 0.394 e. The van der Waals surface area contributed by atoms with E-state index in [2.05, 4.69) is 15.9 Å². The Hall–Kier alpha value is -0.910. The van der Waals surface area contributed by atoms with Gasteiger partial charge in [0.25, 0.3) is 0 Å². The van der Waals surface area contributed by atoms with E-state index in [4.69, 9.17) is 0 Å². The smallest absolute Gasteiger partial charge is 0.236 e. The van der Waals surface area contributed by atoms with E-state index in [0.717, 1.165) is 10.0 Å². The van der Waals surface area contributed by atoms with Crippen LogP contribution >= 0.6 is 15.9 Å². The van der Waals surface area contributed by atoms with Crippen LogP contribution in [-0.4, -0.2) is 53.6 Å². The van der Waals surface area contributed by atoms with Gasteiger partial charge >= 0.3 is 0 Å². The van der Waals surface area contributed by atoms with Crippen molar-refractivity contribution >= 4 is 21.8 Å². The third-order valence-corrected chi connectivity index (χ3v) is 4.36. The first-order valence-corrected chi connectivity index (χ1v) is 7.36. The minimum Gasteiger partial charge on any atom is -0.394 e. The maximum absolute atomic E-state index is 12.2. The highest BCUT2D eigenvalue weighted by molar-refractivity contribution is 9.10. The van der Waals surface area contributed by atoms with Crippen molar-refractivity contribution in [2.45, 2.75) is 25.9 Å². The molecule has 0 saturated carbocycles. The molecule has 0 unspecified atom stereocenters. The van der Waals surface area contributed by atoms with Crippen LogP contribution in [0.2, 0.25) is 0 Å². The minimum atomic E-state index is -0.399. The number of carbonyl (C=O) groups excluding carboxylic acids is 1. The van der Waals surface area contributed by atoms with Crippen molar-refractivity contribution in [1.29, 1.82) is 0 Å². The van der Waals surface area contributed by atoms with Crippen molar-refractivity contribution in [2.75, 3.05) is 27.2 Å². The molecule has 0 radical (unpaired) electrons. The lowest BCUT2D eigenvalue weighted by Crippen LogP contribution is -2.48. The molecule has 1 rings (SSSR count). The first-order valence-electron chi connectivity index (χ1n) is 6.57. The van der Waals surface area contributed by atoms with Crippen LogP contribution in [-0.2, 0) is 11.3 Å². The van der Waals surface area contributed by atoms with E-state index < -0.39 is 5.54 Å². The summed E-state index contributed by atoms with van der Waals surface area (Å²) in [6.07, 6.45) is 0. The quantitative estimate of drug-likeness (QED) is 0.860. The maximum atomic E-state index is 12.2. The van der Waals surface area contributed by atoms with Crippen molar-refractivity contribution in [3.63, 3.8) is 0 Å². The number of rotatable bonds is 6. The number of benzene rings is 1. The minimum absolute atomic E-state index is 0.0186. The van der Waals surface area contributed by atoms with Gasteiger partial charge in [0.15, 0.2) is 0 Å². The molecule has 0 aliphatic heterocycles. The van der Waals surface area contributed by atoms with Crippen LogP contribution in [0, 0.1) is 0 Å². The number of hydrogen-bond acceptors (Lipinski definition) is 3. The summed E-state index contributed by atoms with van der Waals surface area (Å²) in [6, 6.07) is 7.87. The van der Waals surface area contributed by atoms with Crippen LogP contribution in [0.15, 0.2) is 28.7 Å². The zero-order valence-corrected chi connectivity index (χ0v) is 14.1. The summed E-state index contributed by atoms with van der Waals surface area (Å²) >= 11 is 3.49. The van der Waals surface area contributed by atoms with E-state index in [1.165, 1.54) is 0 Å². The molecular weight excluding hydrogens is 320 g/mol. The van der Waals surface area contributed by atoms with E-state index in [-0.39, 0.29) is 19.1 Å². The first-order chi connectivity index (χ1) is 9.27. The molecule has 112 valence electrons. The average molecular weight is 343 g/mol. The number of aliphatic hydroxyl groups is 1. The van der Waals surface area contributed by atoms with Crippen LogP contribution in [0.4, 0.5) is 0 Å². The first kappa shape index (κ1) is 17.1. The molecule has 0 heterocycles. The van der Waals surface area contributed by atoms with Crippen molar-refractivity contribution in [2.24, 2.45) is 0 Å². The van der Waals surface area contributed by atoms with Gasteiger partial charge in [0.05, 0.1) is 13.2 Å². The molecular formula is C15H23BrN2O2. The third-order valence-electron chi connectivity index (χ3n) is 3.58. The Bertz CT molecular complexity index is 463. The van der Waals surface area contributed by atoms with Gasteiger partial charge in [0, 0.05) is 23.6 Å². The molecule has 0 bridgehead atoms. The molecule has 1 amide bonds. The van der Waals surface area contributed by atoms with Crippen LogP contribution in [0.25, 0.3) is 0 Å². The highest BCUT2D eigenvalue weighted by Crippen LogP contribution is 2.17. The normalized spacial score (nSPS) is 11.8. The van der Waals surface area contributed by atoms with E-state index in [9.17, 15) is 9.90 Å². The second-order valence-electron chi connectivity index (χ2n) is 5.67. The molecule has 1 aromatic carbocycles. The average Bonchev–Trinajstić information content (AvgIpc) is 2.41. The topological polar surface area (TPSA) is 43.8 Å². The number of amides is 1. The van der Waals surface area contributed by atoms with Crippen molar-refractivity contribution in [3.05, 3.63) is 34.3 Å². The van der Waals surface area contributed by atoms with Crippen LogP contribution in [0.1, 0.15) is 19.4 Å². The number of nitrogens with zero attached hydrogens (tertiary/aromatic N) is 2. The predicted molar refractivity (Wildman–Crippen MR) is 84.4 cm³/mol. The molecule has 0 spiro atoms. The second-order valence-corrected chi connectivity index (χ2v) is 6.52. The van der Waals surface area contributed by atoms with E-state index >= 15 is 0 Å².